The zero-order chi connectivity index (χ0) is 23.0. The minimum absolute atomic E-state index is 0.0164. The Morgan fingerprint density at radius 3 is 2.42 bits per heavy atom. The molecule has 3 aromatic rings. The molecular weight excluding hydrogens is 436 g/mol. The number of pyridine rings is 1. The van der Waals surface area contributed by atoms with Gasteiger partial charge in [0, 0.05) is 37.4 Å². The molecule has 0 bridgehead atoms. The summed E-state index contributed by atoms with van der Waals surface area (Å²) in [7, 11) is 0. The first-order chi connectivity index (χ1) is 16.1. The number of carbonyl (C=O) groups excluding carboxylic acids is 1. The van der Waals surface area contributed by atoms with E-state index in [0.717, 1.165) is 39.5 Å². The summed E-state index contributed by atoms with van der Waals surface area (Å²) in [6.45, 7) is 2.02. The SMILES string of the molecule is CC(=O)NCc1ccc(C2OC(CSc3ccccn3)CC(c3ccc(CO)cc3)O2)cc1. The number of aliphatic hydroxyl groups is 1. The third-order valence-corrected chi connectivity index (χ3v) is 6.54. The maximum Gasteiger partial charge on any atom is 0.217 e. The zero-order valence-electron chi connectivity index (χ0n) is 18.5. The summed E-state index contributed by atoms with van der Waals surface area (Å²) in [4.78, 5) is 15.6. The number of carbonyl (C=O) groups is 1. The van der Waals surface area contributed by atoms with E-state index in [9.17, 15) is 9.90 Å². The highest BCUT2D eigenvalue weighted by atomic mass is 32.2. The molecule has 0 spiro atoms. The molecular formula is C26H28N2O4S. The van der Waals surface area contributed by atoms with Gasteiger partial charge >= 0.3 is 0 Å². The van der Waals surface area contributed by atoms with Crippen molar-refractivity contribution in [2.45, 2.75) is 50.0 Å². The van der Waals surface area contributed by atoms with Crippen LogP contribution in [0.3, 0.4) is 0 Å². The van der Waals surface area contributed by atoms with Gasteiger partial charge in [-0.15, -0.1) is 11.8 Å². The van der Waals surface area contributed by atoms with Crippen molar-refractivity contribution < 1.29 is 19.4 Å². The number of nitrogens with zero attached hydrogens (tertiary/aromatic N) is 1. The van der Waals surface area contributed by atoms with E-state index < -0.39 is 6.29 Å². The summed E-state index contributed by atoms with van der Waals surface area (Å²) in [5, 5.41) is 13.1. The summed E-state index contributed by atoms with van der Waals surface area (Å²) < 4.78 is 12.7. The third kappa shape index (κ3) is 6.65. The number of benzene rings is 2. The number of aromatic nitrogens is 1. The number of aliphatic hydroxyl groups excluding tert-OH is 1. The van der Waals surface area contributed by atoms with Gasteiger partial charge in [0.2, 0.25) is 5.91 Å². The molecule has 1 fully saturated rings. The molecule has 3 unspecified atom stereocenters. The Balaban J connectivity index is 1.49. The van der Waals surface area contributed by atoms with Gasteiger partial charge in [0.15, 0.2) is 6.29 Å². The second kappa shape index (κ2) is 11.4. The summed E-state index contributed by atoms with van der Waals surface area (Å²) >= 11 is 1.67. The first-order valence-electron chi connectivity index (χ1n) is 11.0. The van der Waals surface area contributed by atoms with Crippen molar-refractivity contribution in [2.75, 3.05) is 5.75 Å². The van der Waals surface area contributed by atoms with E-state index in [1.165, 1.54) is 6.92 Å². The average molecular weight is 465 g/mol. The van der Waals surface area contributed by atoms with E-state index in [1.807, 2.05) is 66.7 Å². The van der Waals surface area contributed by atoms with Gasteiger partial charge in [0.05, 0.1) is 23.8 Å². The minimum atomic E-state index is -0.495. The van der Waals surface area contributed by atoms with E-state index in [4.69, 9.17) is 9.47 Å². The first kappa shape index (κ1) is 23.4. The van der Waals surface area contributed by atoms with Gasteiger partial charge in [-0.05, 0) is 28.8 Å². The van der Waals surface area contributed by atoms with Crippen molar-refractivity contribution >= 4 is 17.7 Å². The molecule has 7 heteroatoms. The largest absolute Gasteiger partial charge is 0.392 e. The Hall–Kier alpha value is -2.71. The van der Waals surface area contributed by atoms with Gasteiger partial charge in [-0.2, -0.15) is 0 Å². The van der Waals surface area contributed by atoms with E-state index in [1.54, 1.807) is 18.0 Å². The number of rotatable bonds is 8. The lowest BCUT2D eigenvalue weighted by Gasteiger charge is -2.36. The highest BCUT2D eigenvalue weighted by Crippen LogP contribution is 2.39. The first-order valence-corrected chi connectivity index (χ1v) is 12.0. The van der Waals surface area contributed by atoms with Crippen LogP contribution in [0, 0.1) is 0 Å². The molecule has 1 amide bonds. The second-order valence-electron chi connectivity index (χ2n) is 7.98. The van der Waals surface area contributed by atoms with Crippen LogP contribution < -0.4 is 5.32 Å². The van der Waals surface area contributed by atoms with Crippen LogP contribution in [-0.2, 0) is 27.4 Å². The molecule has 0 saturated carbocycles. The molecule has 0 radical (unpaired) electrons. The van der Waals surface area contributed by atoms with Crippen molar-refractivity contribution in [2.24, 2.45) is 0 Å². The van der Waals surface area contributed by atoms with Crippen LogP contribution in [0.2, 0.25) is 0 Å². The summed E-state index contributed by atoms with van der Waals surface area (Å²) in [6, 6.07) is 21.7. The smallest absolute Gasteiger partial charge is 0.217 e. The Labute approximate surface area is 198 Å². The van der Waals surface area contributed by atoms with Crippen LogP contribution in [0.25, 0.3) is 0 Å². The van der Waals surface area contributed by atoms with Gasteiger partial charge in [-0.1, -0.05) is 54.6 Å². The Bertz CT molecular complexity index is 1030. The molecule has 1 saturated heterocycles. The normalized spacial score (nSPS) is 20.4. The predicted molar refractivity (Wildman–Crippen MR) is 127 cm³/mol. The standard InChI is InChI=1S/C26H28N2O4S/c1-18(30)28-15-19-5-11-22(12-6-19)26-31-23(17-33-25-4-2-3-13-27-25)14-24(32-26)21-9-7-20(16-29)8-10-21/h2-13,23-24,26,29H,14-17H2,1H3,(H,28,30). The molecule has 2 heterocycles. The summed E-state index contributed by atoms with van der Waals surface area (Å²) in [5.41, 5.74) is 3.89. The highest BCUT2D eigenvalue weighted by molar-refractivity contribution is 7.99. The molecule has 1 aliphatic rings. The minimum Gasteiger partial charge on any atom is -0.392 e. The van der Waals surface area contributed by atoms with Crippen molar-refractivity contribution in [3.8, 4) is 0 Å². The fraction of sp³-hybridized carbons (Fsp3) is 0.308. The number of ether oxygens (including phenoxy) is 2. The lowest BCUT2D eigenvalue weighted by Crippen LogP contribution is -2.31. The quantitative estimate of drug-likeness (QED) is 0.476. The molecule has 6 nitrogen and oxygen atoms in total. The number of nitrogens with one attached hydrogen (secondary N) is 1. The van der Waals surface area contributed by atoms with Crippen LogP contribution in [0.15, 0.2) is 78.0 Å². The fourth-order valence-corrected chi connectivity index (χ4v) is 4.53. The topological polar surface area (TPSA) is 80.7 Å². The lowest BCUT2D eigenvalue weighted by molar-refractivity contribution is -0.245. The van der Waals surface area contributed by atoms with Crippen molar-refractivity contribution in [1.82, 2.24) is 10.3 Å². The average Bonchev–Trinajstić information content (AvgIpc) is 2.87. The number of hydrogen-bond donors (Lipinski definition) is 2. The number of hydrogen-bond acceptors (Lipinski definition) is 6. The zero-order valence-corrected chi connectivity index (χ0v) is 19.3. The van der Waals surface area contributed by atoms with Crippen LogP contribution in [0.4, 0.5) is 0 Å². The van der Waals surface area contributed by atoms with Gasteiger partial charge in [0.1, 0.15) is 0 Å². The molecule has 2 N–H and O–H groups in total. The van der Waals surface area contributed by atoms with Crippen LogP contribution in [0.5, 0.6) is 0 Å². The van der Waals surface area contributed by atoms with Crippen molar-refractivity contribution in [1.29, 1.82) is 0 Å². The van der Waals surface area contributed by atoms with Crippen LogP contribution in [0.1, 0.15) is 48.0 Å². The molecule has 1 aliphatic heterocycles. The Kier molecular flexibility index (Phi) is 8.12. The molecule has 3 atom stereocenters. The maximum atomic E-state index is 11.2. The molecule has 172 valence electrons. The van der Waals surface area contributed by atoms with Gasteiger partial charge in [0.25, 0.3) is 0 Å². The maximum absolute atomic E-state index is 11.2. The molecule has 4 rings (SSSR count). The molecule has 2 aromatic carbocycles. The molecule has 1 aromatic heterocycles. The number of amides is 1. The monoisotopic (exact) mass is 464 g/mol. The Morgan fingerprint density at radius 2 is 1.76 bits per heavy atom. The van der Waals surface area contributed by atoms with E-state index >= 15 is 0 Å². The second-order valence-corrected chi connectivity index (χ2v) is 9.02. The van der Waals surface area contributed by atoms with Crippen LogP contribution >= 0.6 is 11.8 Å². The van der Waals surface area contributed by atoms with E-state index in [0.29, 0.717) is 6.54 Å². The summed E-state index contributed by atoms with van der Waals surface area (Å²) in [5.74, 6) is 0.712. The fourth-order valence-electron chi connectivity index (χ4n) is 3.65. The van der Waals surface area contributed by atoms with E-state index in [2.05, 4.69) is 10.3 Å². The van der Waals surface area contributed by atoms with Crippen molar-refractivity contribution in [3.05, 3.63) is 95.2 Å². The highest BCUT2D eigenvalue weighted by Gasteiger charge is 2.32. The van der Waals surface area contributed by atoms with Gasteiger partial charge in [-0.25, -0.2) is 4.98 Å². The number of thioether (sulfide) groups is 1. The van der Waals surface area contributed by atoms with Gasteiger partial charge < -0.3 is 19.9 Å². The Morgan fingerprint density at radius 1 is 1.03 bits per heavy atom. The lowest BCUT2D eigenvalue weighted by atomic mass is 10.0. The predicted octanol–water partition coefficient (Wildman–Crippen LogP) is 4.55. The third-order valence-electron chi connectivity index (χ3n) is 5.46. The van der Waals surface area contributed by atoms with Crippen LogP contribution in [-0.4, -0.2) is 27.9 Å². The van der Waals surface area contributed by atoms with Gasteiger partial charge in [-0.3, -0.25) is 4.79 Å². The summed E-state index contributed by atoms with van der Waals surface area (Å²) in [6.07, 6.45) is 1.90. The van der Waals surface area contributed by atoms with E-state index in [-0.39, 0.29) is 24.7 Å². The molecule has 33 heavy (non-hydrogen) atoms. The molecule has 0 aliphatic carbocycles. The van der Waals surface area contributed by atoms with Crippen molar-refractivity contribution in [3.63, 3.8) is 0 Å².